The van der Waals surface area contributed by atoms with E-state index in [-0.39, 0.29) is 23.7 Å². The van der Waals surface area contributed by atoms with Gasteiger partial charge in [0.05, 0.1) is 19.2 Å². The molecule has 7 nitrogen and oxygen atoms in total. The van der Waals surface area contributed by atoms with Gasteiger partial charge in [-0.25, -0.2) is 9.18 Å². The van der Waals surface area contributed by atoms with Gasteiger partial charge in [-0.3, -0.25) is 4.99 Å². The zero-order valence-electron chi connectivity index (χ0n) is 17.0. The van der Waals surface area contributed by atoms with Crippen molar-refractivity contribution in [3.05, 3.63) is 29.6 Å². The molecule has 1 aromatic carbocycles. The van der Waals surface area contributed by atoms with E-state index >= 15 is 0 Å². The molecule has 1 atom stereocenters. The summed E-state index contributed by atoms with van der Waals surface area (Å²) in [5, 5.41) is 3.29. The minimum absolute atomic E-state index is 0.140. The minimum Gasteiger partial charge on any atom is -0.491 e. The number of aliphatic imine (C=N–C) groups is 1. The fourth-order valence-electron chi connectivity index (χ4n) is 3.33. The monoisotopic (exact) mass is 392 g/mol. The van der Waals surface area contributed by atoms with Crippen LogP contribution in [0.3, 0.4) is 0 Å². The van der Waals surface area contributed by atoms with Crippen LogP contribution in [-0.2, 0) is 11.3 Å². The Morgan fingerprint density at radius 1 is 1.36 bits per heavy atom. The highest BCUT2D eigenvalue weighted by molar-refractivity contribution is 5.82. The Balaban J connectivity index is 1.52. The minimum atomic E-state index is -0.500. The number of hydrogen-bond donors (Lipinski definition) is 1. The van der Waals surface area contributed by atoms with E-state index in [4.69, 9.17) is 9.47 Å². The van der Waals surface area contributed by atoms with Crippen molar-refractivity contribution in [3.63, 3.8) is 0 Å². The van der Waals surface area contributed by atoms with Crippen LogP contribution >= 0.6 is 0 Å². The van der Waals surface area contributed by atoms with Crippen LogP contribution in [0.25, 0.3) is 0 Å². The number of fused-ring (bicyclic) bond motifs is 1. The second-order valence-electron chi connectivity index (χ2n) is 7.99. The number of guanidine groups is 1. The summed E-state index contributed by atoms with van der Waals surface area (Å²) in [5.74, 6) is 0.698. The van der Waals surface area contributed by atoms with E-state index in [2.05, 4.69) is 15.2 Å². The average Bonchev–Trinajstić information content (AvgIpc) is 3.03. The molecule has 2 heterocycles. The zero-order chi connectivity index (χ0) is 20.3. The molecular weight excluding hydrogens is 363 g/mol. The molecule has 154 valence electrons. The first-order valence-electron chi connectivity index (χ1n) is 9.71. The van der Waals surface area contributed by atoms with Crippen molar-refractivity contribution >= 4 is 12.1 Å². The highest BCUT2D eigenvalue weighted by atomic mass is 19.1. The van der Waals surface area contributed by atoms with Crippen molar-refractivity contribution in [2.45, 2.75) is 45.9 Å². The largest absolute Gasteiger partial charge is 0.491 e. The zero-order valence-corrected chi connectivity index (χ0v) is 17.0. The van der Waals surface area contributed by atoms with Crippen molar-refractivity contribution in [2.24, 2.45) is 4.99 Å². The van der Waals surface area contributed by atoms with Gasteiger partial charge in [-0.2, -0.15) is 0 Å². The molecule has 2 aliphatic rings. The number of hydrogen-bond acceptors (Lipinski definition) is 6. The number of carbonyl (C=O) groups is 1. The van der Waals surface area contributed by atoms with Gasteiger partial charge < -0.3 is 24.6 Å². The second-order valence-corrected chi connectivity index (χ2v) is 7.99. The molecule has 8 heteroatoms. The van der Waals surface area contributed by atoms with Crippen molar-refractivity contribution in [3.8, 4) is 5.75 Å². The molecule has 28 heavy (non-hydrogen) atoms. The Hall–Kier alpha value is -2.51. The maximum Gasteiger partial charge on any atom is 0.410 e. The Morgan fingerprint density at radius 2 is 2.14 bits per heavy atom. The number of ether oxygens (including phenoxy) is 2. The molecule has 1 N–H and O–H groups in total. The van der Waals surface area contributed by atoms with Crippen molar-refractivity contribution in [1.29, 1.82) is 0 Å². The van der Waals surface area contributed by atoms with Crippen molar-refractivity contribution in [1.82, 2.24) is 15.1 Å². The molecule has 0 radical (unpaired) electrons. The van der Waals surface area contributed by atoms with Crippen molar-refractivity contribution in [2.75, 3.05) is 32.8 Å². The standard InChI is InChI=1S/C20H29FN4O3/c1-5-27-17-7-6-14(10-16(17)21)11-22-18-23-12-15-13-24(8-9-25(15)18)19(26)28-20(2,3)4/h6-7,10,15H,5,8-9,11-13H2,1-4H3,(H,22,23). The number of benzene rings is 1. The van der Waals surface area contributed by atoms with E-state index in [1.807, 2.05) is 33.8 Å². The smallest absolute Gasteiger partial charge is 0.410 e. The molecule has 0 aromatic heterocycles. The van der Waals surface area contributed by atoms with Gasteiger partial charge >= 0.3 is 6.09 Å². The van der Waals surface area contributed by atoms with Gasteiger partial charge in [0.1, 0.15) is 5.60 Å². The number of rotatable bonds is 4. The topological polar surface area (TPSA) is 66.4 Å². The van der Waals surface area contributed by atoms with Gasteiger partial charge in [-0.15, -0.1) is 0 Å². The lowest BCUT2D eigenvalue weighted by atomic mass is 10.2. The van der Waals surface area contributed by atoms with Crippen LogP contribution in [0.5, 0.6) is 5.75 Å². The molecule has 1 unspecified atom stereocenters. The Bertz CT molecular complexity index is 747. The molecule has 1 aromatic rings. The normalized spacial score (nSPS) is 19.2. The van der Waals surface area contributed by atoms with E-state index < -0.39 is 5.60 Å². The summed E-state index contributed by atoms with van der Waals surface area (Å²) >= 11 is 0. The van der Waals surface area contributed by atoms with Gasteiger partial charge in [0.25, 0.3) is 0 Å². The SMILES string of the molecule is CCOc1ccc(CNC2=NCC3CN(C(=O)OC(C)(C)C)CCN23)cc1F. The molecule has 3 rings (SSSR count). The molecule has 1 fully saturated rings. The molecule has 0 spiro atoms. The lowest BCUT2D eigenvalue weighted by Gasteiger charge is -2.39. The molecule has 2 aliphatic heterocycles. The second kappa shape index (κ2) is 8.24. The first-order chi connectivity index (χ1) is 13.3. The molecule has 0 bridgehead atoms. The van der Waals surface area contributed by atoms with Crippen LogP contribution in [0.2, 0.25) is 0 Å². The van der Waals surface area contributed by atoms with Crippen molar-refractivity contribution < 1.29 is 18.7 Å². The number of nitrogens with zero attached hydrogens (tertiary/aromatic N) is 3. The van der Waals surface area contributed by atoms with Gasteiger partial charge in [-0.1, -0.05) is 6.07 Å². The van der Waals surface area contributed by atoms with E-state index in [0.717, 1.165) is 11.5 Å². The first-order valence-corrected chi connectivity index (χ1v) is 9.71. The molecule has 0 aliphatic carbocycles. The number of halogens is 1. The first kappa shape index (κ1) is 20.2. The van der Waals surface area contributed by atoms with Crippen LogP contribution in [-0.4, -0.2) is 66.3 Å². The van der Waals surface area contributed by atoms with E-state index in [0.29, 0.717) is 39.3 Å². The Kier molecular flexibility index (Phi) is 5.96. The quantitative estimate of drug-likeness (QED) is 0.853. The summed E-state index contributed by atoms with van der Waals surface area (Å²) in [5.41, 5.74) is 0.319. The van der Waals surface area contributed by atoms with E-state index in [1.165, 1.54) is 6.07 Å². The predicted octanol–water partition coefficient (Wildman–Crippen LogP) is 2.60. The molecule has 0 saturated carbocycles. The number of amides is 1. The highest BCUT2D eigenvalue weighted by Gasteiger charge is 2.36. The lowest BCUT2D eigenvalue weighted by Crippen LogP contribution is -2.57. The van der Waals surface area contributed by atoms with Gasteiger partial charge in [0.2, 0.25) is 0 Å². The predicted molar refractivity (Wildman–Crippen MR) is 105 cm³/mol. The summed E-state index contributed by atoms with van der Waals surface area (Å²) in [6.45, 7) is 10.8. The summed E-state index contributed by atoms with van der Waals surface area (Å²) in [6.07, 6.45) is -0.279. The Morgan fingerprint density at radius 3 is 2.82 bits per heavy atom. The van der Waals surface area contributed by atoms with Crippen LogP contribution in [0.4, 0.5) is 9.18 Å². The fraction of sp³-hybridized carbons (Fsp3) is 0.600. The fourth-order valence-corrected chi connectivity index (χ4v) is 3.33. The summed E-state index contributed by atoms with van der Waals surface area (Å²) in [7, 11) is 0. The number of piperazine rings is 1. The molecular formula is C20H29FN4O3. The van der Waals surface area contributed by atoms with Crippen LogP contribution < -0.4 is 10.1 Å². The summed E-state index contributed by atoms with van der Waals surface area (Å²) < 4.78 is 24.7. The maximum atomic E-state index is 14.0. The van der Waals surface area contributed by atoms with Gasteiger partial charge in [0, 0.05) is 26.2 Å². The van der Waals surface area contributed by atoms with Crippen LogP contribution in [0.15, 0.2) is 23.2 Å². The highest BCUT2D eigenvalue weighted by Crippen LogP contribution is 2.20. The third kappa shape index (κ3) is 4.85. The Labute approximate surface area is 165 Å². The molecule has 1 saturated heterocycles. The van der Waals surface area contributed by atoms with Crippen LogP contribution in [0, 0.1) is 5.82 Å². The number of nitrogens with one attached hydrogen (secondary N) is 1. The van der Waals surface area contributed by atoms with Crippen LogP contribution in [0.1, 0.15) is 33.3 Å². The third-order valence-electron chi connectivity index (χ3n) is 4.61. The maximum absolute atomic E-state index is 14.0. The van der Waals surface area contributed by atoms with Gasteiger partial charge in [0.15, 0.2) is 17.5 Å². The number of carbonyl (C=O) groups excluding carboxylic acids is 1. The third-order valence-corrected chi connectivity index (χ3v) is 4.61. The van der Waals surface area contributed by atoms with E-state index in [9.17, 15) is 9.18 Å². The molecule has 1 amide bonds. The summed E-state index contributed by atoms with van der Waals surface area (Å²) in [6, 6.07) is 5.11. The summed E-state index contributed by atoms with van der Waals surface area (Å²) in [4.78, 5) is 20.8. The average molecular weight is 392 g/mol. The van der Waals surface area contributed by atoms with Gasteiger partial charge in [-0.05, 0) is 45.4 Å². The lowest BCUT2D eigenvalue weighted by molar-refractivity contribution is 0.0137. The van der Waals surface area contributed by atoms with E-state index in [1.54, 1.807) is 11.0 Å².